The van der Waals surface area contributed by atoms with Crippen LogP contribution >= 0.6 is 22.9 Å². The molecule has 1 aromatic carbocycles. The van der Waals surface area contributed by atoms with Crippen LogP contribution in [0.1, 0.15) is 36.3 Å². The van der Waals surface area contributed by atoms with Crippen molar-refractivity contribution in [2.45, 2.75) is 32.2 Å². The van der Waals surface area contributed by atoms with E-state index >= 15 is 0 Å². The van der Waals surface area contributed by atoms with Gasteiger partial charge in [-0.05, 0) is 37.5 Å². The number of ether oxygens (including phenoxy) is 2. The predicted molar refractivity (Wildman–Crippen MR) is 96.9 cm³/mol. The summed E-state index contributed by atoms with van der Waals surface area (Å²) < 4.78 is 10.8. The van der Waals surface area contributed by atoms with Gasteiger partial charge in [0, 0.05) is 12.5 Å². The summed E-state index contributed by atoms with van der Waals surface area (Å²) in [5.41, 5.74) is 0.802. The van der Waals surface area contributed by atoms with Crippen LogP contribution < -0.4 is 20.1 Å². The van der Waals surface area contributed by atoms with Crippen molar-refractivity contribution in [1.82, 2.24) is 15.5 Å². The van der Waals surface area contributed by atoms with E-state index in [-0.39, 0.29) is 6.03 Å². The van der Waals surface area contributed by atoms with E-state index in [0.717, 1.165) is 23.4 Å². The van der Waals surface area contributed by atoms with Crippen molar-refractivity contribution in [1.29, 1.82) is 0 Å². The summed E-state index contributed by atoms with van der Waals surface area (Å²) in [6.07, 6.45) is 2.31. The maximum absolute atomic E-state index is 12.0. The average molecular weight is 383 g/mol. The monoisotopic (exact) mass is 382 g/mol. The number of benzene rings is 1. The fourth-order valence-electron chi connectivity index (χ4n) is 2.26. The summed E-state index contributed by atoms with van der Waals surface area (Å²) in [7, 11) is 1.55. The molecule has 2 N–H and O–H groups in total. The molecule has 0 spiro atoms. The van der Waals surface area contributed by atoms with Crippen molar-refractivity contribution in [3.63, 3.8) is 0 Å². The number of hydrogen-bond acceptors (Lipinski definition) is 6. The molecule has 0 atom stereocenters. The van der Waals surface area contributed by atoms with Gasteiger partial charge in [0.1, 0.15) is 5.01 Å². The third-order valence-electron chi connectivity index (χ3n) is 3.62. The van der Waals surface area contributed by atoms with Crippen molar-refractivity contribution in [2.24, 2.45) is 0 Å². The first-order valence-corrected chi connectivity index (χ1v) is 9.17. The zero-order chi connectivity index (χ0) is 17.8. The normalized spacial score (nSPS) is 13.4. The number of halogens is 1. The van der Waals surface area contributed by atoms with E-state index in [1.54, 1.807) is 19.2 Å². The summed E-state index contributed by atoms with van der Waals surface area (Å²) in [5, 5.41) is 15.5. The van der Waals surface area contributed by atoms with Gasteiger partial charge in [-0.2, -0.15) is 0 Å². The lowest BCUT2D eigenvalue weighted by Gasteiger charge is -2.13. The van der Waals surface area contributed by atoms with E-state index in [1.165, 1.54) is 11.3 Å². The highest BCUT2D eigenvalue weighted by atomic mass is 35.5. The zero-order valence-corrected chi connectivity index (χ0v) is 15.5. The zero-order valence-electron chi connectivity index (χ0n) is 14.0. The Hall–Kier alpha value is -2.06. The first-order valence-electron chi connectivity index (χ1n) is 7.98. The summed E-state index contributed by atoms with van der Waals surface area (Å²) in [5.74, 6) is 1.56. The van der Waals surface area contributed by atoms with Gasteiger partial charge in [-0.1, -0.05) is 22.9 Å². The number of carbonyl (C=O) groups excluding carboxylic acids is 1. The number of urea groups is 1. The molecule has 1 saturated carbocycles. The fraction of sp³-hybridized carbons (Fsp3) is 0.438. The van der Waals surface area contributed by atoms with Gasteiger partial charge in [-0.3, -0.25) is 5.32 Å². The number of anilines is 1. The van der Waals surface area contributed by atoms with E-state index in [4.69, 9.17) is 21.1 Å². The smallest absolute Gasteiger partial charge is 0.321 e. The van der Waals surface area contributed by atoms with Crippen molar-refractivity contribution >= 4 is 34.1 Å². The number of methoxy groups -OCH3 is 1. The van der Waals surface area contributed by atoms with Gasteiger partial charge in [0.25, 0.3) is 0 Å². The predicted octanol–water partition coefficient (Wildman–Crippen LogP) is 3.80. The second-order valence-corrected chi connectivity index (χ2v) is 6.99. The Morgan fingerprint density at radius 2 is 2.20 bits per heavy atom. The highest BCUT2D eigenvalue weighted by molar-refractivity contribution is 7.15. The standard InChI is InChI=1S/C16H19ClN4O3S/c1-3-24-13-11(17)6-9(7-12(13)23-2)8-18-15(22)19-16-21-20-14(25-16)10-4-5-10/h6-7,10H,3-5,8H2,1-2H3,(H2,18,19,21,22). The van der Waals surface area contributed by atoms with Gasteiger partial charge in [0.05, 0.1) is 18.7 Å². The highest BCUT2D eigenvalue weighted by Crippen LogP contribution is 2.42. The van der Waals surface area contributed by atoms with Crippen LogP contribution in [0.3, 0.4) is 0 Å². The Morgan fingerprint density at radius 3 is 2.88 bits per heavy atom. The first kappa shape index (κ1) is 17.8. The molecular formula is C16H19ClN4O3S. The van der Waals surface area contributed by atoms with Gasteiger partial charge < -0.3 is 14.8 Å². The Morgan fingerprint density at radius 1 is 1.40 bits per heavy atom. The Labute approximate surface area is 154 Å². The van der Waals surface area contributed by atoms with Crippen LogP contribution in [0.4, 0.5) is 9.93 Å². The minimum atomic E-state index is -0.345. The minimum absolute atomic E-state index is 0.294. The molecule has 0 aliphatic heterocycles. The lowest BCUT2D eigenvalue weighted by Crippen LogP contribution is -2.28. The quantitative estimate of drug-likeness (QED) is 0.760. The molecule has 134 valence electrons. The molecule has 1 fully saturated rings. The highest BCUT2D eigenvalue weighted by Gasteiger charge is 2.27. The maximum Gasteiger partial charge on any atom is 0.321 e. The molecule has 2 amide bonds. The average Bonchev–Trinajstić information content (AvgIpc) is 3.35. The summed E-state index contributed by atoms with van der Waals surface area (Å²) in [6.45, 7) is 2.65. The van der Waals surface area contributed by atoms with Crippen LogP contribution in [0.15, 0.2) is 12.1 Å². The van der Waals surface area contributed by atoms with E-state index in [9.17, 15) is 4.79 Å². The number of rotatable bonds is 7. The molecule has 1 aromatic heterocycles. The van der Waals surface area contributed by atoms with E-state index in [2.05, 4.69) is 20.8 Å². The molecule has 0 unspecified atom stereocenters. The Bertz CT molecular complexity index is 764. The molecule has 0 saturated heterocycles. The van der Waals surface area contributed by atoms with Crippen LogP contribution in [-0.4, -0.2) is 29.9 Å². The molecule has 0 radical (unpaired) electrons. The lowest BCUT2D eigenvalue weighted by molar-refractivity contribution is 0.251. The molecule has 0 bridgehead atoms. The van der Waals surface area contributed by atoms with Crippen molar-refractivity contribution in [3.05, 3.63) is 27.7 Å². The maximum atomic E-state index is 12.0. The van der Waals surface area contributed by atoms with Gasteiger partial charge in [0.2, 0.25) is 5.13 Å². The van der Waals surface area contributed by atoms with E-state index < -0.39 is 0 Å². The number of aromatic nitrogens is 2. The topological polar surface area (TPSA) is 85.4 Å². The van der Waals surface area contributed by atoms with Crippen molar-refractivity contribution in [2.75, 3.05) is 19.0 Å². The number of nitrogens with zero attached hydrogens (tertiary/aromatic N) is 2. The van der Waals surface area contributed by atoms with Crippen LogP contribution in [0.2, 0.25) is 5.02 Å². The largest absolute Gasteiger partial charge is 0.493 e. The SMILES string of the molecule is CCOc1c(Cl)cc(CNC(=O)Nc2nnc(C3CC3)s2)cc1OC. The lowest BCUT2D eigenvalue weighted by atomic mass is 10.2. The summed E-state index contributed by atoms with van der Waals surface area (Å²) in [4.78, 5) is 12.0. The fourth-order valence-corrected chi connectivity index (χ4v) is 3.46. The van der Waals surface area contributed by atoms with Crippen LogP contribution in [0.25, 0.3) is 0 Å². The summed E-state index contributed by atoms with van der Waals surface area (Å²) >= 11 is 7.64. The molecular weight excluding hydrogens is 364 g/mol. The molecule has 1 aliphatic rings. The molecule has 25 heavy (non-hydrogen) atoms. The van der Waals surface area contributed by atoms with Gasteiger partial charge in [0.15, 0.2) is 11.5 Å². The third-order valence-corrected chi connectivity index (χ3v) is 4.90. The Balaban J connectivity index is 1.58. The number of amides is 2. The second-order valence-electron chi connectivity index (χ2n) is 5.57. The third kappa shape index (κ3) is 4.52. The van der Waals surface area contributed by atoms with Crippen LogP contribution in [0, 0.1) is 0 Å². The molecule has 3 rings (SSSR count). The van der Waals surface area contributed by atoms with Crippen molar-refractivity contribution in [3.8, 4) is 11.5 Å². The van der Waals surface area contributed by atoms with Crippen LogP contribution in [-0.2, 0) is 6.54 Å². The second kappa shape index (κ2) is 7.88. The van der Waals surface area contributed by atoms with Gasteiger partial charge >= 0.3 is 6.03 Å². The molecule has 1 aliphatic carbocycles. The van der Waals surface area contributed by atoms with E-state index in [1.807, 2.05) is 6.92 Å². The molecule has 9 heteroatoms. The number of hydrogen-bond donors (Lipinski definition) is 2. The number of carbonyl (C=O) groups is 1. The molecule has 1 heterocycles. The van der Waals surface area contributed by atoms with Crippen molar-refractivity contribution < 1.29 is 14.3 Å². The van der Waals surface area contributed by atoms with Gasteiger partial charge in [-0.15, -0.1) is 10.2 Å². The van der Waals surface area contributed by atoms with E-state index in [0.29, 0.717) is 40.7 Å². The first-order chi connectivity index (χ1) is 12.1. The Kier molecular flexibility index (Phi) is 5.60. The minimum Gasteiger partial charge on any atom is -0.493 e. The van der Waals surface area contributed by atoms with Crippen LogP contribution in [0.5, 0.6) is 11.5 Å². The molecule has 7 nitrogen and oxygen atoms in total. The van der Waals surface area contributed by atoms with Gasteiger partial charge in [-0.25, -0.2) is 4.79 Å². The summed E-state index contributed by atoms with van der Waals surface area (Å²) in [6, 6.07) is 3.18. The number of nitrogens with one attached hydrogen (secondary N) is 2. The molecule has 2 aromatic rings.